The molecule has 3 aliphatic carbocycles. The molecule has 1 spiro atoms. The Morgan fingerprint density at radius 3 is 2.85 bits per heavy atom. The second kappa shape index (κ2) is 7.21. The molecule has 176 valence electrons. The molecule has 33 heavy (non-hydrogen) atoms. The Morgan fingerprint density at radius 2 is 2.09 bits per heavy atom. The Hall–Kier alpha value is -2.58. The molecule has 3 fully saturated rings. The number of hydrogen-bond donors (Lipinski definition) is 3. The summed E-state index contributed by atoms with van der Waals surface area (Å²) in [6.07, 6.45) is 6.84. The highest BCUT2D eigenvalue weighted by molar-refractivity contribution is 5.94. The van der Waals surface area contributed by atoms with Gasteiger partial charge in [-0.1, -0.05) is 6.07 Å². The van der Waals surface area contributed by atoms with E-state index < -0.39 is 29.0 Å². The fourth-order valence-electron chi connectivity index (χ4n) is 7.07. The van der Waals surface area contributed by atoms with Gasteiger partial charge >= 0.3 is 5.97 Å². The number of hydrogen-bond acceptors (Lipinski definition) is 7. The molecule has 6 rings (SSSR count). The zero-order chi connectivity index (χ0) is 23.0. The number of esters is 1. The van der Waals surface area contributed by atoms with Gasteiger partial charge in [0.2, 0.25) is 5.91 Å². The Kier molecular flexibility index (Phi) is 4.58. The topological polar surface area (TPSA) is 108 Å². The van der Waals surface area contributed by atoms with Gasteiger partial charge in [-0.2, -0.15) is 0 Å². The molecule has 8 nitrogen and oxygen atoms in total. The van der Waals surface area contributed by atoms with Crippen LogP contribution in [-0.4, -0.2) is 71.0 Å². The summed E-state index contributed by atoms with van der Waals surface area (Å²) in [5, 5.41) is 26.0. The summed E-state index contributed by atoms with van der Waals surface area (Å²) in [5.74, 6) is 0.256. The summed E-state index contributed by atoms with van der Waals surface area (Å²) in [4.78, 5) is 26.4. The van der Waals surface area contributed by atoms with E-state index in [9.17, 15) is 19.8 Å². The molecule has 1 aromatic carbocycles. The largest absolute Gasteiger partial charge is 0.504 e. The van der Waals surface area contributed by atoms with Crippen LogP contribution in [0.25, 0.3) is 0 Å². The van der Waals surface area contributed by atoms with Gasteiger partial charge in [0.05, 0.1) is 24.2 Å². The number of phenolic OH excluding ortho intramolecular Hbond substituents is 1. The van der Waals surface area contributed by atoms with E-state index in [0.717, 1.165) is 48.7 Å². The van der Waals surface area contributed by atoms with Crippen molar-refractivity contribution >= 4 is 11.9 Å². The SMILES string of the molecule is COC(=O)/C=C/C(=O)N[C@@H]1CC[C@@]2(O)C3Cc4ccc(O)c5c4C2(CCN3CC2CC2)[C@H]1O5. The van der Waals surface area contributed by atoms with Gasteiger partial charge in [-0.15, -0.1) is 0 Å². The van der Waals surface area contributed by atoms with Crippen molar-refractivity contribution in [1.82, 2.24) is 10.2 Å². The predicted molar refractivity (Wildman–Crippen MR) is 118 cm³/mol. The summed E-state index contributed by atoms with van der Waals surface area (Å²) < 4.78 is 11.0. The van der Waals surface area contributed by atoms with Gasteiger partial charge < -0.3 is 25.0 Å². The highest BCUT2D eigenvalue weighted by Crippen LogP contribution is 2.65. The maximum Gasteiger partial charge on any atom is 0.330 e. The molecule has 5 atom stereocenters. The summed E-state index contributed by atoms with van der Waals surface area (Å²) in [6, 6.07) is 3.29. The number of carbonyl (C=O) groups excluding carboxylic acids is 2. The molecule has 0 radical (unpaired) electrons. The molecule has 5 aliphatic rings. The Balaban J connectivity index is 1.38. The van der Waals surface area contributed by atoms with Crippen molar-refractivity contribution in [1.29, 1.82) is 0 Å². The van der Waals surface area contributed by atoms with E-state index in [1.807, 2.05) is 6.07 Å². The number of piperidine rings is 1. The number of aliphatic hydroxyl groups is 1. The summed E-state index contributed by atoms with van der Waals surface area (Å²) in [7, 11) is 1.26. The highest BCUT2D eigenvalue weighted by atomic mass is 16.5. The van der Waals surface area contributed by atoms with Gasteiger partial charge in [0.1, 0.15) is 6.10 Å². The van der Waals surface area contributed by atoms with Gasteiger partial charge in [0, 0.05) is 30.3 Å². The van der Waals surface area contributed by atoms with Crippen LogP contribution < -0.4 is 10.1 Å². The Labute approximate surface area is 192 Å². The zero-order valence-corrected chi connectivity index (χ0v) is 18.8. The molecule has 1 amide bonds. The average molecular weight is 455 g/mol. The van der Waals surface area contributed by atoms with Crippen molar-refractivity contribution in [2.75, 3.05) is 20.2 Å². The quantitative estimate of drug-likeness (QED) is 0.453. The third-order valence-electron chi connectivity index (χ3n) is 8.66. The van der Waals surface area contributed by atoms with Crippen molar-refractivity contribution in [3.05, 3.63) is 35.4 Å². The molecule has 0 aromatic heterocycles. The monoisotopic (exact) mass is 454 g/mol. The fraction of sp³-hybridized carbons (Fsp3) is 0.600. The van der Waals surface area contributed by atoms with Crippen LogP contribution in [0, 0.1) is 5.92 Å². The van der Waals surface area contributed by atoms with E-state index in [1.54, 1.807) is 6.07 Å². The number of methoxy groups -OCH3 is 1. The van der Waals surface area contributed by atoms with E-state index in [0.29, 0.717) is 25.0 Å². The molecule has 8 heteroatoms. The first kappa shape index (κ1) is 21.0. The van der Waals surface area contributed by atoms with E-state index >= 15 is 0 Å². The Morgan fingerprint density at radius 1 is 1.27 bits per heavy atom. The van der Waals surface area contributed by atoms with Crippen LogP contribution >= 0.6 is 0 Å². The lowest BCUT2D eigenvalue weighted by molar-refractivity contribution is -0.192. The number of phenols is 1. The molecule has 2 heterocycles. The summed E-state index contributed by atoms with van der Waals surface area (Å²) in [5.41, 5.74) is 0.390. The zero-order valence-electron chi connectivity index (χ0n) is 18.8. The van der Waals surface area contributed by atoms with Crippen molar-refractivity contribution in [2.45, 2.75) is 67.7 Å². The lowest BCUT2D eigenvalue weighted by atomic mass is 9.48. The minimum Gasteiger partial charge on any atom is -0.504 e. The number of nitrogens with one attached hydrogen (secondary N) is 1. The predicted octanol–water partition coefficient (Wildman–Crippen LogP) is 1.17. The lowest BCUT2D eigenvalue weighted by Gasteiger charge is -2.64. The molecule has 2 aliphatic heterocycles. The third-order valence-corrected chi connectivity index (χ3v) is 8.66. The van der Waals surface area contributed by atoms with Crippen molar-refractivity contribution in [3.8, 4) is 11.5 Å². The molecule has 2 unspecified atom stereocenters. The number of amides is 1. The van der Waals surface area contributed by atoms with E-state index in [4.69, 9.17) is 4.74 Å². The van der Waals surface area contributed by atoms with Gasteiger partial charge in [-0.3, -0.25) is 9.69 Å². The minimum absolute atomic E-state index is 0.00295. The molecule has 1 saturated heterocycles. The molecule has 2 saturated carbocycles. The highest BCUT2D eigenvalue weighted by Gasteiger charge is 2.73. The van der Waals surface area contributed by atoms with Crippen LogP contribution in [0.5, 0.6) is 11.5 Å². The number of aromatic hydroxyl groups is 1. The second-order valence-corrected chi connectivity index (χ2v) is 10.3. The van der Waals surface area contributed by atoms with E-state index in [2.05, 4.69) is 15.0 Å². The van der Waals surface area contributed by atoms with E-state index in [-0.39, 0.29) is 17.8 Å². The number of ether oxygens (including phenoxy) is 2. The van der Waals surface area contributed by atoms with Crippen LogP contribution in [0.2, 0.25) is 0 Å². The van der Waals surface area contributed by atoms with Crippen LogP contribution in [0.1, 0.15) is 43.2 Å². The average Bonchev–Trinajstić information content (AvgIpc) is 3.54. The molecule has 2 bridgehead atoms. The normalized spacial score (nSPS) is 36.2. The standard InChI is InChI=1S/C25H30N2O6/c1-32-20(30)7-6-19(29)26-16-8-9-25(31)18-12-15-4-5-17(28)22-21(15)24(25,23(16)33-22)10-11-27(18)13-14-2-3-14/h4-7,14,16,18,23,28,31H,2-3,8-13H2,1H3,(H,26,29)/b7-6+/t16-,18?,23+,24?,25-/m1/s1. The Bertz CT molecular complexity index is 1050. The van der Waals surface area contributed by atoms with Gasteiger partial charge in [0.15, 0.2) is 11.5 Å². The maximum atomic E-state index is 12.6. The number of nitrogens with zero attached hydrogens (tertiary/aromatic N) is 1. The van der Waals surface area contributed by atoms with Crippen LogP contribution in [-0.2, 0) is 26.2 Å². The fourth-order valence-corrected chi connectivity index (χ4v) is 7.07. The van der Waals surface area contributed by atoms with Gasteiger partial charge in [-0.05, 0) is 62.6 Å². The molecule has 1 aromatic rings. The van der Waals surface area contributed by atoms with Crippen molar-refractivity contribution in [3.63, 3.8) is 0 Å². The first-order valence-electron chi connectivity index (χ1n) is 11.9. The number of rotatable bonds is 5. The van der Waals surface area contributed by atoms with Crippen molar-refractivity contribution in [2.24, 2.45) is 5.92 Å². The summed E-state index contributed by atoms with van der Waals surface area (Å²) >= 11 is 0. The molecule has 3 N–H and O–H groups in total. The van der Waals surface area contributed by atoms with Crippen LogP contribution in [0.3, 0.4) is 0 Å². The van der Waals surface area contributed by atoms with Gasteiger partial charge in [0.25, 0.3) is 0 Å². The van der Waals surface area contributed by atoms with Crippen molar-refractivity contribution < 1.29 is 29.3 Å². The first-order chi connectivity index (χ1) is 15.9. The maximum absolute atomic E-state index is 12.6. The van der Waals surface area contributed by atoms with E-state index in [1.165, 1.54) is 20.0 Å². The number of carbonyl (C=O) groups is 2. The lowest BCUT2D eigenvalue weighted by Crippen LogP contribution is -2.78. The minimum atomic E-state index is -0.986. The third kappa shape index (κ3) is 2.89. The molecular weight excluding hydrogens is 424 g/mol. The number of benzene rings is 1. The first-order valence-corrected chi connectivity index (χ1v) is 11.9. The second-order valence-electron chi connectivity index (χ2n) is 10.3. The van der Waals surface area contributed by atoms with Crippen LogP contribution in [0.15, 0.2) is 24.3 Å². The van der Waals surface area contributed by atoms with Crippen LogP contribution in [0.4, 0.5) is 0 Å². The van der Waals surface area contributed by atoms with Gasteiger partial charge in [-0.25, -0.2) is 4.79 Å². The smallest absolute Gasteiger partial charge is 0.330 e. The number of likely N-dealkylation sites (tertiary alicyclic amines) is 1. The molecular formula is C25H30N2O6. The summed E-state index contributed by atoms with van der Waals surface area (Å²) in [6.45, 7) is 1.88.